The zero-order valence-corrected chi connectivity index (χ0v) is 15.2. The van der Waals surface area contributed by atoms with Crippen LogP contribution in [0.5, 0.6) is 0 Å². The number of anilines is 1. The first-order valence-electron chi connectivity index (χ1n) is 7.89. The number of thiazole rings is 1. The fourth-order valence-corrected chi connectivity index (χ4v) is 3.71. The third-order valence-electron chi connectivity index (χ3n) is 3.55. The second-order valence-corrected chi connectivity index (χ2v) is 7.44. The van der Waals surface area contributed by atoms with Gasteiger partial charge in [-0.25, -0.2) is 9.97 Å². The van der Waals surface area contributed by atoms with Crippen LogP contribution >= 0.6 is 23.1 Å². The summed E-state index contributed by atoms with van der Waals surface area (Å²) in [6.45, 7) is 6.25. The topological polar surface area (TPSA) is 67.4 Å². The molecule has 1 aliphatic rings. The van der Waals surface area contributed by atoms with Gasteiger partial charge >= 0.3 is 0 Å². The largest absolute Gasteiger partial charge is 0.379 e. The molecule has 24 heavy (non-hydrogen) atoms. The molecule has 1 aliphatic heterocycles. The molecule has 0 radical (unpaired) electrons. The molecule has 0 aliphatic carbocycles. The Hall–Kier alpha value is -1.48. The molecule has 8 heteroatoms. The molecule has 0 bridgehead atoms. The maximum Gasteiger partial charge on any atom is 0.257 e. The van der Waals surface area contributed by atoms with Gasteiger partial charge in [0, 0.05) is 36.8 Å². The number of morpholine rings is 1. The molecule has 128 valence electrons. The Morgan fingerprint density at radius 2 is 2.29 bits per heavy atom. The summed E-state index contributed by atoms with van der Waals surface area (Å²) >= 11 is 3.07. The Morgan fingerprint density at radius 1 is 1.46 bits per heavy atom. The lowest BCUT2D eigenvalue weighted by Crippen LogP contribution is -2.35. The van der Waals surface area contributed by atoms with Gasteiger partial charge in [0.15, 0.2) is 5.13 Å². The average Bonchev–Trinajstić information content (AvgIpc) is 3.03. The fourth-order valence-electron chi connectivity index (χ4n) is 2.37. The highest BCUT2D eigenvalue weighted by Gasteiger charge is 2.14. The van der Waals surface area contributed by atoms with E-state index in [4.69, 9.17) is 4.74 Å². The second kappa shape index (κ2) is 8.57. The summed E-state index contributed by atoms with van der Waals surface area (Å²) in [7, 11) is 0. The van der Waals surface area contributed by atoms with Crippen LogP contribution in [0, 0.1) is 0 Å². The van der Waals surface area contributed by atoms with Gasteiger partial charge in [-0.3, -0.25) is 15.0 Å². The Bertz CT molecular complexity index is 686. The van der Waals surface area contributed by atoms with Crippen molar-refractivity contribution in [2.24, 2.45) is 0 Å². The van der Waals surface area contributed by atoms with Crippen molar-refractivity contribution in [2.75, 3.05) is 37.4 Å². The number of pyridine rings is 1. The summed E-state index contributed by atoms with van der Waals surface area (Å²) in [5.74, 6) is 0.776. The minimum atomic E-state index is -0.150. The summed E-state index contributed by atoms with van der Waals surface area (Å²) in [5.41, 5.74) is 1.58. The predicted octanol–water partition coefficient (Wildman–Crippen LogP) is 2.73. The molecule has 0 aromatic carbocycles. The maximum absolute atomic E-state index is 12.4. The lowest BCUT2D eigenvalue weighted by molar-refractivity contribution is 0.0337. The van der Waals surface area contributed by atoms with Crippen LogP contribution in [-0.4, -0.2) is 52.8 Å². The van der Waals surface area contributed by atoms with E-state index in [1.54, 1.807) is 24.0 Å². The predicted molar refractivity (Wildman–Crippen MR) is 96.8 cm³/mol. The van der Waals surface area contributed by atoms with Crippen molar-refractivity contribution >= 4 is 34.1 Å². The maximum atomic E-state index is 12.4. The van der Waals surface area contributed by atoms with Gasteiger partial charge < -0.3 is 4.74 Å². The molecule has 0 unspecified atom stereocenters. The molecule has 1 N–H and O–H groups in total. The van der Waals surface area contributed by atoms with E-state index < -0.39 is 0 Å². The van der Waals surface area contributed by atoms with Gasteiger partial charge in [0.1, 0.15) is 0 Å². The van der Waals surface area contributed by atoms with Crippen molar-refractivity contribution in [3.8, 4) is 0 Å². The number of hydrogen-bond acceptors (Lipinski definition) is 7. The number of carbonyl (C=O) groups is 1. The molecule has 2 aromatic heterocycles. The Balaban J connectivity index is 1.59. The van der Waals surface area contributed by atoms with Crippen LogP contribution in [0.4, 0.5) is 5.13 Å². The van der Waals surface area contributed by atoms with Gasteiger partial charge in [0.25, 0.3) is 5.91 Å². The van der Waals surface area contributed by atoms with Gasteiger partial charge in [0.2, 0.25) is 0 Å². The fraction of sp³-hybridized carbons (Fsp3) is 0.438. The van der Waals surface area contributed by atoms with Crippen LogP contribution in [0.15, 0.2) is 28.7 Å². The van der Waals surface area contributed by atoms with E-state index in [1.807, 2.05) is 11.4 Å². The smallest absolute Gasteiger partial charge is 0.257 e. The van der Waals surface area contributed by atoms with Gasteiger partial charge in [-0.1, -0.05) is 6.92 Å². The lowest BCUT2D eigenvalue weighted by atomic mass is 10.2. The van der Waals surface area contributed by atoms with Crippen LogP contribution < -0.4 is 5.32 Å². The lowest BCUT2D eigenvalue weighted by Gasteiger charge is -2.25. The van der Waals surface area contributed by atoms with Crippen molar-refractivity contribution in [3.05, 3.63) is 35.0 Å². The molecular formula is C16H20N4O2S2. The SMILES string of the molecule is CCSc1cc(C(=O)Nc2nc(CN3CCOCC3)cs2)ccn1. The van der Waals surface area contributed by atoms with E-state index in [0.29, 0.717) is 10.7 Å². The molecular weight excluding hydrogens is 344 g/mol. The molecule has 1 fully saturated rings. The molecule has 0 atom stereocenters. The first-order valence-corrected chi connectivity index (χ1v) is 9.76. The van der Waals surface area contributed by atoms with E-state index in [0.717, 1.165) is 49.3 Å². The molecule has 1 amide bonds. The molecule has 6 nitrogen and oxygen atoms in total. The van der Waals surface area contributed by atoms with Crippen LogP contribution in [-0.2, 0) is 11.3 Å². The monoisotopic (exact) mass is 364 g/mol. The minimum absolute atomic E-state index is 0.150. The first kappa shape index (κ1) is 17.3. The Labute approximate surface area is 149 Å². The van der Waals surface area contributed by atoms with Crippen molar-refractivity contribution < 1.29 is 9.53 Å². The van der Waals surface area contributed by atoms with Crippen molar-refractivity contribution in [3.63, 3.8) is 0 Å². The average molecular weight is 364 g/mol. The normalized spacial score (nSPS) is 15.4. The van der Waals surface area contributed by atoms with E-state index >= 15 is 0 Å². The highest BCUT2D eigenvalue weighted by atomic mass is 32.2. The van der Waals surface area contributed by atoms with E-state index in [2.05, 4.69) is 27.1 Å². The number of aromatic nitrogens is 2. The molecule has 0 saturated carbocycles. The van der Waals surface area contributed by atoms with Gasteiger partial charge in [-0.05, 0) is 17.9 Å². The third kappa shape index (κ3) is 4.76. The van der Waals surface area contributed by atoms with Gasteiger partial charge in [0.05, 0.1) is 23.9 Å². The zero-order chi connectivity index (χ0) is 16.8. The van der Waals surface area contributed by atoms with Crippen molar-refractivity contribution in [2.45, 2.75) is 18.5 Å². The van der Waals surface area contributed by atoms with E-state index in [1.165, 1.54) is 11.3 Å². The Morgan fingerprint density at radius 3 is 3.08 bits per heavy atom. The molecule has 3 rings (SSSR count). The second-order valence-electron chi connectivity index (χ2n) is 5.30. The van der Waals surface area contributed by atoms with E-state index in [-0.39, 0.29) is 5.91 Å². The summed E-state index contributed by atoms with van der Waals surface area (Å²) in [6, 6.07) is 3.53. The van der Waals surface area contributed by atoms with Gasteiger partial charge in [-0.15, -0.1) is 23.1 Å². The third-order valence-corrected chi connectivity index (χ3v) is 5.17. The van der Waals surface area contributed by atoms with Crippen LogP contribution in [0.25, 0.3) is 0 Å². The molecule has 1 saturated heterocycles. The highest BCUT2D eigenvalue weighted by molar-refractivity contribution is 7.99. The summed E-state index contributed by atoms with van der Waals surface area (Å²) < 4.78 is 5.35. The van der Waals surface area contributed by atoms with Crippen molar-refractivity contribution in [1.82, 2.24) is 14.9 Å². The van der Waals surface area contributed by atoms with Crippen LogP contribution in [0.2, 0.25) is 0 Å². The number of nitrogens with one attached hydrogen (secondary N) is 1. The number of hydrogen-bond donors (Lipinski definition) is 1. The summed E-state index contributed by atoms with van der Waals surface area (Å²) in [6.07, 6.45) is 1.67. The number of rotatable bonds is 6. The van der Waals surface area contributed by atoms with Crippen LogP contribution in [0.3, 0.4) is 0 Å². The number of nitrogens with zero attached hydrogens (tertiary/aromatic N) is 3. The standard InChI is InChI=1S/C16H20N4O2S2/c1-2-23-14-9-12(3-4-17-14)15(21)19-16-18-13(11-24-16)10-20-5-7-22-8-6-20/h3-4,9,11H,2,5-8,10H2,1H3,(H,18,19,21). The number of thioether (sulfide) groups is 1. The number of carbonyl (C=O) groups excluding carboxylic acids is 1. The molecule has 3 heterocycles. The van der Waals surface area contributed by atoms with Crippen LogP contribution in [0.1, 0.15) is 23.0 Å². The summed E-state index contributed by atoms with van der Waals surface area (Å²) in [5, 5.41) is 6.36. The molecule has 0 spiro atoms. The Kier molecular flexibility index (Phi) is 6.19. The molecule has 2 aromatic rings. The minimum Gasteiger partial charge on any atom is -0.379 e. The van der Waals surface area contributed by atoms with E-state index in [9.17, 15) is 4.79 Å². The zero-order valence-electron chi connectivity index (χ0n) is 13.5. The highest BCUT2D eigenvalue weighted by Crippen LogP contribution is 2.20. The number of ether oxygens (including phenoxy) is 1. The van der Waals surface area contributed by atoms with Gasteiger partial charge in [-0.2, -0.15) is 0 Å². The quantitative estimate of drug-likeness (QED) is 0.795. The van der Waals surface area contributed by atoms with Crippen molar-refractivity contribution in [1.29, 1.82) is 0 Å². The summed E-state index contributed by atoms with van der Waals surface area (Å²) in [4.78, 5) is 23.4. The first-order chi connectivity index (χ1) is 11.7. The number of amides is 1.